The number of rotatable bonds is 3. The number of nitrogens with one attached hydrogen (secondary N) is 1. The summed E-state index contributed by atoms with van der Waals surface area (Å²) in [6.07, 6.45) is 2.29. The lowest BCUT2D eigenvalue weighted by Gasteiger charge is -2.16. The first-order chi connectivity index (χ1) is 10.3. The summed E-state index contributed by atoms with van der Waals surface area (Å²) in [5.74, 6) is -2.30. The Balaban J connectivity index is 1.77. The molecular weight excluding hydrogens is 282 g/mol. The molecule has 3 rings (SSSR count). The van der Waals surface area contributed by atoms with E-state index in [2.05, 4.69) is 5.32 Å². The van der Waals surface area contributed by atoms with E-state index in [0.717, 1.165) is 18.4 Å². The van der Waals surface area contributed by atoms with Gasteiger partial charge in [-0.25, -0.2) is 0 Å². The van der Waals surface area contributed by atoms with Crippen LogP contribution in [0.4, 0.5) is 5.69 Å². The Hall–Kier alpha value is -2.17. The average Bonchev–Trinajstić information content (AvgIpc) is 3.03. The first kappa shape index (κ1) is 14.8. The van der Waals surface area contributed by atoms with Crippen molar-refractivity contribution in [3.63, 3.8) is 0 Å². The molecule has 0 saturated heterocycles. The van der Waals surface area contributed by atoms with Gasteiger partial charge in [-0.05, 0) is 36.0 Å². The Labute approximate surface area is 128 Å². The number of amides is 1. The van der Waals surface area contributed by atoms with Gasteiger partial charge in [0.2, 0.25) is 5.91 Å². The number of aryl methyl sites for hydroxylation is 1. The van der Waals surface area contributed by atoms with Gasteiger partial charge < -0.3 is 10.4 Å². The zero-order chi connectivity index (χ0) is 16.1. The predicted molar refractivity (Wildman–Crippen MR) is 80.7 cm³/mol. The summed E-state index contributed by atoms with van der Waals surface area (Å²) in [6.45, 7) is 3.57. The number of aliphatic carboxylic acids is 1. The van der Waals surface area contributed by atoms with Crippen LogP contribution in [0.2, 0.25) is 0 Å². The molecular formula is C17H19NO4. The van der Waals surface area contributed by atoms with E-state index in [9.17, 15) is 14.4 Å². The van der Waals surface area contributed by atoms with Gasteiger partial charge in [-0.1, -0.05) is 19.9 Å². The molecule has 1 saturated carbocycles. The van der Waals surface area contributed by atoms with Crippen LogP contribution in [0.5, 0.6) is 0 Å². The fraction of sp³-hybridized carbons (Fsp3) is 0.471. The van der Waals surface area contributed by atoms with E-state index in [-0.39, 0.29) is 11.7 Å². The highest BCUT2D eigenvalue weighted by Crippen LogP contribution is 2.58. The van der Waals surface area contributed by atoms with E-state index in [4.69, 9.17) is 5.11 Å². The fourth-order valence-corrected chi connectivity index (χ4v) is 3.51. The summed E-state index contributed by atoms with van der Waals surface area (Å²) in [6, 6.07) is 5.36. The van der Waals surface area contributed by atoms with Crippen molar-refractivity contribution in [3.05, 3.63) is 29.3 Å². The van der Waals surface area contributed by atoms with Crippen molar-refractivity contribution in [1.82, 2.24) is 0 Å². The van der Waals surface area contributed by atoms with Crippen molar-refractivity contribution in [2.24, 2.45) is 17.3 Å². The third-order valence-electron chi connectivity index (χ3n) is 4.90. The van der Waals surface area contributed by atoms with Crippen molar-refractivity contribution in [1.29, 1.82) is 0 Å². The number of anilines is 1. The van der Waals surface area contributed by atoms with E-state index in [1.165, 1.54) is 0 Å². The van der Waals surface area contributed by atoms with Gasteiger partial charge in [0.05, 0.1) is 11.8 Å². The lowest BCUT2D eigenvalue weighted by molar-refractivity contribution is -0.140. The SMILES string of the molecule is CC1(C)[C@H](C(=O)O)[C@@H]1C(=O)Nc1ccc2c(c1)C(=O)CCC2. The molecule has 0 aromatic heterocycles. The number of hydrogen-bond acceptors (Lipinski definition) is 3. The Morgan fingerprint density at radius 1 is 1.23 bits per heavy atom. The Kier molecular flexibility index (Phi) is 3.31. The van der Waals surface area contributed by atoms with Gasteiger partial charge in [-0.3, -0.25) is 14.4 Å². The number of ketones is 1. The lowest BCUT2D eigenvalue weighted by Crippen LogP contribution is -2.19. The van der Waals surface area contributed by atoms with E-state index < -0.39 is 23.2 Å². The first-order valence-electron chi connectivity index (χ1n) is 7.52. The van der Waals surface area contributed by atoms with Crippen molar-refractivity contribution < 1.29 is 19.5 Å². The van der Waals surface area contributed by atoms with Crippen molar-refractivity contribution in [2.75, 3.05) is 5.32 Å². The number of Topliss-reactive ketones (excluding diaryl/α,β-unsaturated/α-hetero) is 1. The van der Waals surface area contributed by atoms with Gasteiger partial charge in [-0.15, -0.1) is 0 Å². The summed E-state index contributed by atoms with van der Waals surface area (Å²) in [4.78, 5) is 35.4. The number of carboxylic acid groups (broad SMARTS) is 1. The molecule has 116 valence electrons. The highest BCUT2D eigenvalue weighted by molar-refractivity contribution is 6.02. The molecule has 0 heterocycles. The molecule has 0 bridgehead atoms. The molecule has 5 nitrogen and oxygen atoms in total. The Bertz CT molecular complexity index is 677. The first-order valence-corrected chi connectivity index (χ1v) is 7.52. The van der Waals surface area contributed by atoms with E-state index in [1.54, 1.807) is 26.0 Å². The van der Waals surface area contributed by atoms with Crippen molar-refractivity contribution in [3.8, 4) is 0 Å². The largest absolute Gasteiger partial charge is 0.481 e. The number of carbonyl (C=O) groups excluding carboxylic acids is 2. The van der Waals surface area contributed by atoms with Crippen molar-refractivity contribution in [2.45, 2.75) is 33.1 Å². The van der Waals surface area contributed by atoms with Crippen LogP contribution >= 0.6 is 0 Å². The summed E-state index contributed by atoms with van der Waals surface area (Å²) in [5.41, 5.74) is 1.73. The molecule has 1 aromatic carbocycles. The molecule has 0 aliphatic heterocycles. The minimum atomic E-state index is -0.939. The van der Waals surface area contributed by atoms with Crippen LogP contribution in [-0.2, 0) is 16.0 Å². The maximum Gasteiger partial charge on any atom is 0.307 e. The van der Waals surface area contributed by atoms with Gasteiger partial charge in [0.15, 0.2) is 5.78 Å². The maximum atomic E-state index is 12.3. The summed E-state index contributed by atoms with van der Waals surface area (Å²) in [5, 5.41) is 11.9. The zero-order valence-electron chi connectivity index (χ0n) is 12.7. The molecule has 2 aliphatic rings. The van der Waals surface area contributed by atoms with Gasteiger partial charge in [-0.2, -0.15) is 0 Å². The summed E-state index contributed by atoms with van der Waals surface area (Å²) >= 11 is 0. The van der Waals surface area contributed by atoms with E-state index in [1.807, 2.05) is 6.07 Å². The second-order valence-corrected chi connectivity index (χ2v) is 6.75. The van der Waals surface area contributed by atoms with Gasteiger partial charge in [0.25, 0.3) is 0 Å². The third kappa shape index (κ3) is 2.30. The van der Waals surface area contributed by atoms with Crippen LogP contribution in [0, 0.1) is 17.3 Å². The highest BCUT2D eigenvalue weighted by atomic mass is 16.4. The molecule has 5 heteroatoms. The van der Waals surface area contributed by atoms with Crippen LogP contribution in [0.3, 0.4) is 0 Å². The topological polar surface area (TPSA) is 83.5 Å². The molecule has 1 fully saturated rings. The molecule has 22 heavy (non-hydrogen) atoms. The maximum absolute atomic E-state index is 12.3. The van der Waals surface area contributed by atoms with Crippen LogP contribution in [0.15, 0.2) is 18.2 Å². The number of carboxylic acids is 1. The van der Waals surface area contributed by atoms with E-state index in [0.29, 0.717) is 17.7 Å². The molecule has 2 atom stereocenters. The molecule has 2 N–H and O–H groups in total. The molecule has 1 aromatic rings. The third-order valence-corrected chi connectivity index (χ3v) is 4.90. The van der Waals surface area contributed by atoms with Crippen LogP contribution in [-0.4, -0.2) is 22.8 Å². The van der Waals surface area contributed by atoms with Crippen LogP contribution in [0.25, 0.3) is 0 Å². The molecule has 0 radical (unpaired) electrons. The minimum Gasteiger partial charge on any atom is -0.481 e. The standard InChI is InChI=1S/C17H19NO4/c1-17(2)13(14(17)16(21)22)15(20)18-10-7-6-9-4-3-5-12(19)11(9)8-10/h6-8,13-14H,3-5H2,1-2H3,(H,18,20)(H,21,22)/t13-,14+/m1/s1. The Morgan fingerprint density at radius 3 is 2.59 bits per heavy atom. The van der Waals surface area contributed by atoms with Gasteiger partial charge in [0, 0.05) is 17.7 Å². The quantitative estimate of drug-likeness (QED) is 0.898. The second kappa shape index (κ2) is 4.93. The normalized spacial score (nSPS) is 25.3. The second-order valence-electron chi connectivity index (χ2n) is 6.75. The number of benzene rings is 1. The number of carbonyl (C=O) groups is 3. The van der Waals surface area contributed by atoms with Gasteiger partial charge in [0.1, 0.15) is 0 Å². The van der Waals surface area contributed by atoms with E-state index >= 15 is 0 Å². The molecule has 2 aliphatic carbocycles. The van der Waals surface area contributed by atoms with Crippen LogP contribution < -0.4 is 5.32 Å². The highest BCUT2D eigenvalue weighted by Gasteiger charge is 2.65. The summed E-state index contributed by atoms with van der Waals surface area (Å²) < 4.78 is 0. The number of fused-ring (bicyclic) bond motifs is 1. The monoisotopic (exact) mass is 301 g/mol. The van der Waals surface area contributed by atoms with Crippen molar-refractivity contribution >= 4 is 23.3 Å². The van der Waals surface area contributed by atoms with Crippen LogP contribution in [0.1, 0.15) is 42.6 Å². The molecule has 0 unspecified atom stereocenters. The zero-order valence-corrected chi connectivity index (χ0v) is 12.7. The summed E-state index contributed by atoms with van der Waals surface area (Å²) in [7, 11) is 0. The van der Waals surface area contributed by atoms with Gasteiger partial charge >= 0.3 is 5.97 Å². The predicted octanol–water partition coefficient (Wildman–Crippen LogP) is 2.50. The average molecular weight is 301 g/mol. The Morgan fingerprint density at radius 2 is 1.95 bits per heavy atom. The minimum absolute atomic E-state index is 0.104. The lowest BCUT2D eigenvalue weighted by atomic mass is 9.90. The molecule has 1 amide bonds. The molecule has 0 spiro atoms. The number of hydrogen-bond donors (Lipinski definition) is 2. The fourth-order valence-electron chi connectivity index (χ4n) is 3.51. The smallest absolute Gasteiger partial charge is 0.307 e.